The standard InChI is InChI=1S/C58H102O6/c1-4-7-10-13-16-19-22-25-27-29-31-33-36-39-42-45-48-51-57(60)63-54-55(53-62-56(59)50-47-44-41-38-35-24-21-18-15-12-9-6-3)64-58(61)52-49-46-43-40-37-34-32-30-28-26-23-20-17-14-11-8-5-2/h8,11,17,20,26,28,32,34,40,43,55H,4-7,9-10,12-16,18-19,21-25,27,29-31,33,35-39,41-42,44-54H2,1-3H3/b11-8-,20-17-,28-26-,34-32-,43-40-/t55-/m0/s1. The fraction of sp³-hybridized carbons (Fsp3) is 0.776. The van der Waals surface area contributed by atoms with Crippen LogP contribution in [0, 0.1) is 0 Å². The smallest absolute Gasteiger partial charge is 0.306 e. The molecule has 64 heavy (non-hydrogen) atoms. The topological polar surface area (TPSA) is 78.9 Å². The lowest BCUT2D eigenvalue weighted by molar-refractivity contribution is -0.167. The van der Waals surface area contributed by atoms with E-state index in [1.807, 2.05) is 0 Å². The highest BCUT2D eigenvalue weighted by Crippen LogP contribution is 2.16. The van der Waals surface area contributed by atoms with E-state index >= 15 is 0 Å². The van der Waals surface area contributed by atoms with Crippen LogP contribution in [0.15, 0.2) is 60.8 Å². The largest absolute Gasteiger partial charge is 0.462 e. The van der Waals surface area contributed by atoms with Gasteiger partial charge in [0.1, 0.15) is 13.2 Å². The molecule has 0 spiro atoms. The molecule has 0 rings (SSSR count). The molecule has 0 aliphatic rings. The van der Waals surface area contributed by atoms with E-state index in [0.29, 0.717) is 19.3 Å². The number of hydrogen-bond donors (Lipinski definition) is 0. The second-order valence-electron chi connectivity index (χ2n) is 18.1. The van der Waals surface area contributed by atoms with Gasteiger partial charge in [0, 0.05) is 19.3 Å². The summed E-state index contributed by atoms with van der Waals surface area (Å²) in [6.45, 7) is 6.50. The van der Waals surface area contributed by atoms with Crippen LogP contribution in [0.25, 0.3) is 0 Å². The molecule has 0 fully saturated rings. The number of esters is 3. The van der Waals surface area contributed by atoms with Crippen LogP contribution in [0.4, 0.5) is 0 Å². The Morgan fingerprint density at radius 3 is 0.938 bits per heavy atom. The summed E-state index contributed by atoms with van der Waals surface area (Å²) in [5.74, 6) is -0.942. The summed E-state index contributed by atoms with van der Waals surface area (Å²) >= 11 is 0. The second-order valence-corrected chi connectivity index (χ2v) is 18.1. The quantitative estimate of drug-likeness (QED) is 0.0262. The third kappa shape index (κ3) is 50.1. The van der Waals surface area contributed by atoms with E-state index in [1.165, 1.54) is 148 Å². The van der Waals surface area contributed by atoms with Crippen LogP contribution in [0.5, 0.6) is 0 Å². The molecule has 0 aromatic heterocycles. The lowest BCUT2D eigenvalue weighted by Crippen LogP contribution is -2.30. The van der Waals surface area contributed by atoms with Crippen LogP contribution in [-0.4, -0.2) is 37.2 Å². The maximum Gasteiger partial charge on any atom is 0.306 e. The highest BCUT2D eigenvalue weighted by molar-refractivity contribution is 5.71. The molecule has 6 nitrogen and oxygen atoms in total. The van der Waals surface area contributed by atoms with Crippen LogP contribution >= 0.6 is 0 Å². The Morgan fingerprint density at radius 1 is 0.328 bits per heavy atom. The summed E-state index contributed by atoms with van der Waals surface area (Å²) in [4.78, 5) is 38.0. The van der Waals surface area contributed by atoms with Crippen LogP contribution < -0.4 is 0 Å². The molecular weight excluding hydrogens is 793 g/mol. The van der Waals surface area contributed by atoms with Crippen LogP contribution in [0.3, 0.4) is 0 Å². The first-order valence-electron chi connectivity index (χ1n) is 27.3. The number of carbonyl (C=O) groups is 3. The zero-order valence-corrected chi connectivity index (χ0v) is 42.3. The van der Waals surface area contributed by atoms with Crippen molar-refractivity contribution in [3.05, 3.63) is 60.8 Å². The molecule has 0 saturated heterocycles. The third-order valence-electron chi connectivity index (χ3n) is 11.8. The molecule has 0 radical (unpaired) electrons. The van der Waals surface area contributed by atoms with Gasteiger partial charge in [-0.3, -0.25) is 14.4 Å². The average Bonchev–Trinajstić information content (AvgIpc) is 3.29. The summed E-state index contributed by atoms with van der Waals surface area (Å²) in [6, 6.07) is 0. The zero-order chi connectivity index (χ0) is 46.5. The van der Waals surface area contributed by atoms with Crippen molar-refractivity contribution in [2.24, 2.45) is 0 Å². The maximum absolute atomic E-state index is 12.8. The fourth-order valence-electron chi connectivity index (χ4n) is 7.71. The number of rotatable bonds is 49. The minimum Gasteiger partial charge on any atom is -0.462 e. The van der Waals surface area contributed by atoms with Gasteiger partial charge in [-0.1, -0.05) is 255 Å². The Morgan fingerprint density at radius 2 is 0.609 bits per heavy atom. The molecule has 0 unspecified atom stereocenters. The van der Waals surface area contributed by atoms with Crippen LogP contribution in [0.1, 0.15) is 271 Å². The van der Waals surface area contributed by atoms with Gasteiger partial charge in [-0.15, -0.1) is 0 Å². The Hall–Kier alpha value is -2.89. The van der Waals surface area contributed by atoms with E-state index in [0.717, 1.165) is 77.0 Å². The van der Waals surface area contributed by atoms with E-state index in [9.17, 15) is 14.4 Å². The van der Waals surface area contributed by atoms with Gasteiger partial charge in [0.05, 0.1) is 0 Å². The molecule has 1 atom stereocenters. The van der Waals surface area contributed by atoms with Crippen molar-refractivity contribution in [1.29, 1.82) is 0 Å². The molecule has 0 aliphatic heterocycles. The summed E-state index contributed by atoms with van der Waals surface area (Å²) in [6.07, 6.45) is 65.0. The van der Waals surface area contributed by atoms with Crippen molar-refractivity contribution in [2.75, 3.05) is 13.2 Å². The number of allylic oxidation sites excluding steroid dienone is 10. The van der Waals surface area contributed by atoms with Crippen molar-refractivity contribution in [3.63, 3.8) is 0 Å². The first-order valence-corrected chi connectivity index (χ1v) is 27.3. The molecule has 0 amide bonds. The summed E-state index contributed by atoms with van der Waals surface area (Å²) in [5.41, 5.74) is 0. The number of ether oxygens (including phenoxy) is 3. The normalized spacial score (nSPS) is 12.5. The maximum atomic E-state index is 12.8. The minimum atomic E-state index is -0.799. The average molecular weight is 895 g/mol. The Kier molecular flexibility index (Phi) is 50.4. The highest BCUT2D eigenvalue weighted by atomic mass is 16.6. The lowest BCUT2D eigenvalue weighted by atomic mass is 10.0. The van der Waals surface area contributed by atoms with Crippen LogP contribution in [0.2, 0.25) is 0 Å². The third-order valence-corrected chi connectivity index (χ3v) is 11.8. The van der Waals surface area contributed by atoms with Crippen molar-refractivity contribution in [2.45, 2.75) is 277 Å². The molecule has 0 aliphatic carbocycles. The molecule has 0 aromatic rings. The Bertz CT molecular complexity index is 1170. The lowest BCUT2D eigenvalue weighted by Gasteiger charge is -2.18. The van der Waals surface area contributed by atoms with E-state index in [-0.39, 0.29) is 37.5 Å². The Labute approximate surface area is 396 Å². The van der Waals surface area contributed by atoms with Gasteiger partial charge < -0.3 is 14.2 Å². The van der Waals surface area contributed by atoms with E-state index in [1.54, 1.807) is 0 Å². The first-order chi connectivity index (χ1) is 31.5. The van der Waals surface area contributed by atoms with Crippen molar-refractivity contribution in [1.82, 2.24) is 0 Å². The van der Waals surface area contributed by atoms with Gasteiger partial charge in [-0.25, -0.2) is 0 Å². The van der Waals surface area contributed by atoms with Crippen LogP contribution in [-0.2, 0) is 28.6 Å². The van der Waals surface area contributed by atoms with Crippen molar-refractivity contribution >= 4 is 17.9 Å². The molecule has 0 heterocycles. The van der Waals surface area contributed by atoms with Gasteiger partial charge in [0.25, 0.3) is 0 Å². The van der Waals surface area contributed by atoms with E-state index in [2.05, 4.69) is 81.5 Å². The molecule has 0 saturated carbocycles. The van der Waals surface area contributed by atoms with Crippen molar-refractivity contribution in [3.8, 4) is 0 Å². The molecule has 0 N–H and O–H groups in total. The zero-order valence-electron chi connectivity index (χ0n) is 42.3. The number of carbonyl (C=O) groups excluding carboxylic acids is 3. The second kappa shape index (κ2) is 52.7. The molecule has 0 aromatic carbocycles. The SMILES string of the molecule is CC/C=C\C/C=C\C/C=C\C/C=C\C/C=C\CCCC(=O)O[C@@H](COC(=O)CCCCCCCCCCCCCC)COC(=O)CCCCCCCCCCCCCCCCCCC. The predicted molar refractivity (Wildman–Crippen MR) is 275 cm³/mol. The summed E-state index contributed by atoms with van der Waals surface area (Å²) in [7, 11) is 0. The minimum absolute atomic E-state index is 0.0931. The molecular formula is C58H102O6. The molecule has 370 valence electrons. The monoisotopic (exact) mass is 895 g/mol. The van der Waals surface area contributed by atoms with Gasteiger partial charge in [-0.2, -0.15) is 0 Å². The van der Waals surface area contributed by atoms with Crippen molar-refractivity contribution < 1.29 is 28.6 Å². The highest BCUT2D eigenvalue weighted by Gasteiger charge is 2.19. The molecule has 0 bridgehead atoms. The summed E-state index contributed by atoms with van der Waals surface area (Å²) in [5, 5.41) is 0. The van der Waals surface area contributed by atoms with Gasteiger partial charge in [0.15, 0.2) is 6.10 Å². The van der Waals surface area contributed by atoms with Gasteiger partial charge in [-0.05, 0) is 57.8 Å². The summed E-state index contributed by atoms with van der Waals surface area (Å²) < 4.78 is 16.8. The van der Waals surface area contributed by atoms with E-state index in [4.69, 9.17) is 14.2 Å². The Balaban J connectivity index is 4.42. The first kappa shape index (κ1) is 61.1. The van der Waals surface area contributed by atoms with Gasteiger partial charge in [0.2, 0.25) is 0 Å². The predicted octanol–water partition coefficient (Wildman–Crippen LogP) is 18.0. The number of hydrogen-bond acceptors (Lipinski definition) is 6. The molecule has 6 heteroatoms. The number of unbranched alkanes of at least 4 members (excludes halogenated alkanes) is 28. The fourth-order valence-corrected chi connectivity index (χ4v) is 7.71. The van der Waals surface area contributed by atoms with Gasteiger partial charge >= 0.3 is 17.9 Å². The van der Waals surface area contributed by atoms with E-state index < -0.39 is 6.10 Å².